The summed E-state index contributed by atoms with van der Waals surface area (Å²) in [7, 11) is 0. The topological polar surface area (TPSA) is 69.2 Å². The molecule has 0 spiro atoms. The second kappa shape index (κ2) is 2.99. The van der Waals surface area contributed by atoms with Crippen molar-refractivity contribution in [1.82, 2.24) is 0 Å². The van der Waals surface area contributed by atoms with Crippen LogP contribution in [0, 0.1) is 10.1 Å². The second-order valence-electron chi connectivity index (χ2n) is 3.01. The van der Waals surface area contributed by atoms with E-state index in [-0.39, 0.29) is 5.69 Å². The molecule has 0 saturated carbocycles. The normalized spacial score (nSPS) is 10.3. The molecule has 0 fully saturated rings. The first-order valence-corrected chi connectivity index (χ1v) is 4.11. The van der Waals surface area contributed by atoms with Crippen LogP contribution >= 0.6 is 0 Å². The van der Waals surface area contributed by atoms with Gasteiger partial charge in [-0.2, -0.15) is 0 Å². The first kappa shape index (κ1) is 8.50. The smallest absolute Gasteiger partial charge is 0.272 e. The molecule has 0 atom stereocenters. The molecular formula is C10H8N2O2. The van der Waals surface area contributed by atoms with E-state index in [4.69, 9.17) is 5.73 Å². The molecule has 0 aromatic heterocycles. The van der Waals surface area contributed by atoms with Gasteiger partial charge in [0.2, 0.25) is 0 Å². The summed E-state index contributed by atoms with van der Waals surface area (Å²) in [4.78, 5) is 10.1. The third-order valence-corrected chi connectivity index (χ3v) is 2.09. The Balaban J connectivity index is 2.78. The largest absolute Gasteiger partial charge is 0.398 e. The lowest BCUT2D eigenvalue weighted by molar-refractivity contribution is -0.384. The van der Waals surface area contributed by atoms with Crippen molar-refractivity contribution >= 4 is 22.1 Å². The number of hydrogen-bond donors (Lipinski definition) is 1. The molecule has 2 aromatic carbocycles. The predicted octanol–water partition coefficient (Wildman–Crippen LogP) is 2.33. The third-order valence-electron chi connectivity index (χ3n) is 2.09. The number of anilines is 1. The molecular weight excluding hydrogens is 180 g/mol. The highest BCUT2D eigenvalue weighted by molar-refractivity contribution is 5.94. The Labute approximate surface area is 80.1 Å². The number of nitro benzene ring substituents is 1. The zero-order valence-corrected chi connectivity index (χ0v) is 7.31. The van der Waals surface area contributed by atoms with E-state index in [1.165, 1.54) is 12.1 Å². The van der Waals surface area contributed by atoms with Gasteiger partial charge < -0.3 is 5.73 Å². The Hall–Kier alpha value is -2.10. The second-order valence-corrected chi connectivity index (χ2v) is 3.01. The van der Waals surface area contributed by atoms with Gasteiger partial charge in [0.15, 0.2) is 0 Å². The van der Waals surface area contributed by atoms with Crippen molar-refractivity contribution in [3.63, 3.8) is 0 Å². The summed E-state index contributed by atoms with van der Waals surface area (Å²) in [6.45, 7) is 0. The van der Waals surface area contributed by atoms with Gasteiger partial charge in [-0.3, -0.25) is 10.1 Å². The van der Waals surface area contributed by atoms with Crippen LogP contribution in [0.25, 0.3) is 10.8 Å². The maximum absolute atomic E-state index is 10.5. The first-order valence-electron chi connectivity index (χ1n) is 4.11. The first-order chi connectivity index (χ1) is 6.68. The van der Waals surface area contributed by atoms with Gasteiger partial charge >= 0.3 is 0 Å². The van der Waals surface area contributed by atoms with Gasteiger partial charge in [0.25, 0.3) is 5.69 Å². The number of fused-ring (bicyclic) bond motifs is 1. The van der Waals surface area contributed by atoms with Crippen LogP contribution in [-0.2, 0) is 0 Å². The summed E-state index contributed by atoms with van der Waals surface area (Å²) >= 11 is 0. The fourth-order valence-corrected chi connectivity index (χ4v) is 1.43. The molecule has 0 heterocycles. The van der Waals surface area contributed by atoms with Crippen LogP contribution < -0.4 is 5.73 Å². The Bertz CT molecular complexity index is 508. The molecule has 70 valence electrons. The van der Waals surface area contributed by atoms with E-state index in [1.807, 2.05) is 18.2 Å². The lowest BCUT2D eigenvalue weighted by Gasteiger charge is -2.01. The highest BCUT2D eigenvalue weighted by Crippen LogP contribution is 2.26. The Morgan fingerprint density at radius 2 is 1.93 bits per heavy atom. The Morgan fingerprint density at radius 1 is 1.21 bits per heavy atom. The van der Waals surface area contributed by atoms with Crippen LogP contribution in [0.5, 0.6) is 0 Å². The number of benzene rings is 2. The predicted molar refractivity (Wildman–Crippen MR) is 55.0 cm³/mol. The number of nitrogen functional groups attached to an aromatic ring is 1. The standard InChI is InChI=1S/C10H8N2O2/c11-10-6-8(12(13)14)5-7-3-1-2-4-9(7)10/h1-6H,11H2. The molecule has 2 N–H and O–H groups in total. The summed E-state index contributed by atoms with van der Waals surface area (Å²) < 4.78 is 0. The molecule has 0 unspecified atom stereocenters. The molecule has 0 saturated heterocycles. The van der Waals surface area contributed by atoms with Crippen LogP contribution in [0.15, 0.2) is 36.4 Å². The molecule has 0 radical (unpaired) electrons. The zero-order valence-electron chi connectivity index (χ0n) is 7.31. The van der Waals surface area contributed by atoms with E-state index < -0.39 is 4.92 Å². The molecule has 0 amide bonds. The molecule has 4 nitrogen and oxygen atoms in total. The molecule has 0 aliphatic carbocycles. The summed E-state index contributed by atoms with van der Waals surface area (Å²) in [6.07, 6.45) is 0. The SMILES string of the molecule is Nc1cc([N+](=O)[O-])cc2ccccc12. The summed E-state index contributed by atoms with van der Waals surface area (Å²) in [5.41, 5.74) is 6.16. The molecule has 2 rings (SSSR count). The van der Waals surface area contributed by atoms with Gasteiger partial charge in [-0.25, -0.2) is 0 Å². The number of nitrogens with two attached hydrogens (primary N) is 1. The maximum Gasteiger partial charge on any atom is 0.272 e. The Morgan fingerprint density at radius 3 is 2.64 bits per heavy atom. The maximum atomic E-state index is 10.5. The van der Waals surface area contributed by atoms with Gasteiger partial charge in [0, 0.05) is 23.2 Å². The number of nitrogens with zero attached hydrogens (tertiary/aromatic N) is 1. The van der Waals surface area contributed by atoms with Crippen LogP contribution in [0.3, 0.4) is 0 Å². The number of hydrogen-bond acceptors (Lipinski definition) is 3. The third kappa shape index (κ3) is 1.26. The van der Waals surface area contributed by atoms with Crippen LogP contribution in [0.2, 0.25) is 0 Å². The van der Waals surface area contributed by atoms with Crippen molar-refractivity contribution in [2.75, 3.05) is 5.73 Å². The minimum Gasteiger partial charge on any atom is -0.398 e. The van der Waals surface area contributed by atoms with E-state index >= 15 is 0 Å². The van der Waals surface area contributed by atoms with E-state index in [0.717, 1.165) is 10.8 Å². The summed E-state index contributed by atoms with van der Waals surface area (Å²) in [6, 6.07) is 10.2. The minimum atomic E-state index is -0.442. The average molecular weight is 188 g/mol. The van der Waals surface area contributed by atoms with Gasteiger partial charge in [-0.15, -0.1) is 0 Å². The monoisotopic (exact) mass is 188 g/mol. The quantitative estimate of drug-likeness (QED) is 0.424. The number of nitro groups is 1. The van der Waals surface area contributed by atoms with Crippen molar-refractivity contribution in [3.8, 4) is 0 Å². The van der Waals surface area contributed by atoms with Crippen LogP contribution in [-0.4, -0.2) is 4.92 Å². The molecule has 14 heavy (non-hydrogen) atoms. The van der Waals surface area contributed by atoms with Gasteiger partial charge in [-0.05, 0) is 5.39 Å². The minimum absolute atomic E-state index is 0.0289. The van der Waals surface area contributed by atoms with E-state index in [9.17, 15) is 10.1 Å². The Kier molecular flexibility index (Phi) is 1.81. The number of rotatable bonds is 1. The summed E-state index contributed by atoms with van der Waals surface area (Å²) in [5, 5.41) is 12.2. The van der Waals surface area contributed by atoms with Gasteiger partial charge in [-0.1, -0.05) is 24.3 Å². The van der Waals surface area contributed by atoms with Crippen molar-refractivity contribution in [3.05, 3.63) is 46.5 Å². The van der Waals surface area contributed by atoms with Gasteiger partial charge in [0.05, 0.1) is 4.92 Å². The van der Waals surface area contributed by atoms with Crippen molar-refractivity contribution in [1.29, 1.82) is 0 Å². The van der Waals surface area contributed by atoms with Crippen molar-refractivity contribution in [2.45, 2.75) is 0 Å². The van der Waals surface area contributed by atoms with E-state index in [2.05, 4.69) is 0 Å². The van der Waals surface area contributed by atoms with Crippen molar-refractivity contribution < 1.29 is 4.92 Å². The molecule has 2 aromatic rings. The zero-order chi connectivity index (χ0) is 10.1. The molecule has 4 heteroatoms. The van der Waals surface area contributed by atoms with Crippen LogP contribution in [0.1, 0.15) is 0 Å². The van der Waals surface area contributed by atoms with Crippen LogP contribution in [0.4, 0.5) is 11.4 Å². The highest BCUT2D eigenvalue weighted by atomic mass is 16.6. The van der Waals surface area contributed by atoms with E-state index in [0.29, 0.717) is 5.69 Å². The molecule has 0 bridgehead atoms. The number of non-ortho nitro benzene ring substituents is 1. The molecule has 0 aliphatic rings. The average Bonchev–Trinajstić information content (AvgIpc) is 2.17. The molecule has 0 aliphatic heterocycles. The van der Waals surface area contributed by atoms with Gasteiger partial charge in [0.1, 0.15) is 0 Å². The fourth-order valence-electron chi connectivity index (χ4n) is 1.43. The fraction of sp³-hybridized carbons (Fsp3) is 0. The van der Waals surface area contributed by atoms with E-state index in [1.54, 1.807) is 6.07 Å². The lowest BCUT2D eigenvalue weighted by atomic mass is 10.1. The van der Waals surface area contributed by atoms with Crippen molar-refractivity contribution in [2.24, 2.45) is 0 Å². The summed E-state index contributed by atoms with van der Waals surface area (Å²) in [5.74, 6) is 0. The lowest BCUT2D eigenvalue weighted by Crippen LogP contribution is -1.92. The highest BCUT2D eigenvalue weighted by Gasteiger charge is 2.08.